The molecule has 1 fully saturated rings. The molecular weight excluding hydrogens is 256 g/mol. The summed E-state index contributed by atoms with van der Waals surface area (Å²) in [5, 5.41) is 6.17. The van der Waals surface area contributed by atoms with Gasteiger partial charge in [-0.2, -0.15) is 0 Å². The smallest absolute Gasteiger partial charge is 0.246 e. The summed E-state index contributed by atoms with van der Waals surface area (Å²) in [6, 6.07) is 5.38. The highest BCUT2D eigenvalue weighted by Gasteiger charge is 2.31. The van der Waals surface area contributed by atoms with Crippen LogP contribution in [0.25, 0.3) is 0 Å². The zero-order chi connectivity index (χ0) is 14.2. The number of carbonyl (C=O) groups excluding carboxylic acids is 1. The minimum atomic E-state index is -0.643. The molecule has 3 rings (SSSR count). The molecule has 2 aliphatic rings. The van der Waals surface area contributed by atoms with E-state index in [1.807, 2.05) is 32.0 Å². The fourth-order valence-corrected chi connectivity index (χ4v) is 2.61. The molecule has 2 heterocycles. The number of fused-ring (bicyclic) bond motifs is 1. The van der Waals surface area contributed by atoms with Gasteiger partial charge in [-0.15, -0.1) is 0 Å². The van der Waals surface area contributed by atoms with E-state index in [1.54, 1.807) is 0 Å². The summed E-state index contributed by atoms with van der Waals surface area (Å²) < 4.78 is 11.3. The molecule has 2 aliphatic heterocycles. The molecule has 1 atom stereocenters. The Kier molecular flexibility index (Phi) is 3.30. The number of anilines is 1. The van der Waals surface area contributed by atoms with Gasteiger partial charge in [-0.3, -0.25) is 4.79 Å². The molecule has 0 aromatic heterocycles. The van der Waals surface area contributed by atoms with Crippen molar-refractivity contribution in [3.05, 3.63) is 18.2 Å². The summed E-state index contributed by atoms with van der Waals surface area (Å²) in [5.74, 6) is 0.756. The second-order valence-electron chi connectivity index (χ2n) is 5.76. The van der Waals surface area contributed by atoms with Gasteiger partial charge in [0, 0.05) is 25.6 Å². The highest BCUT2D eigenvalue weighted by molar-refractivity contribution is 5.95. The minimum Gasteiger partial charge on any atom is -0.449 e. The van der Waals surface area contributed by atoms with Gasteiger partial charge >= 0.3 is 0 Å². The van der Waals surface area contributed by atoms with E-state index in [2.05, 4.69) is 10.6 Å². The van der Waals surface area contributed by atoms with E-state index in [4.69, 9.17) is 9.47 Å². The highest BCUT2D eigenvalue weighted by atomic mass is 16.7. The third-order valence-electron chi connectivity index (χ3n) is 3.55. The first-order chi connectivity index (χ1) is 9.53. The topological polar surface area (TPSA) is 59.6 Å². The standard InChI is InChI=1S/C15H20N2O3/c1-15(2)19-12-7-6-10(9-13(12)20-15)17-14(18)11-5-3-4-8-16-11/h6-7,9,11,16H,3-5,8H2,1-2H3,(H,17,18)/t11-/m0/s1. The van der Waals surface area contributed by atoms with E-state index in [9.17, 15) is 4.79 Å². The summed E-state index contributed by atoms with van der Waals surface area (Å²) >= 11 is 0. The molecule has 108 valence electrons. The van der Waals surface area contributed by atoms with Gasteiger partial charge in [-0.05, 0) is 31.5 Å². The Morgan fingerprint density at radius 3 is 2.85 bits per heavy atom. The Hall–Kier alpha value is -1.75. The SMILES string of the molecule is CC1(C)Oc2ccc(NC(=O)[C@@H]3CCCCN3)cc2O1. The van der Waals surface area contributed by atoms with E-state index in [-0.39, 0.29) is 11.9 Å². The van der Waals surface area contributed by atoms with Crippen molar-refractivity contribution in [1.82, 2.24) is 5.32 Å². The van der Waals surface area contributed by atoms with Gasteiger partial charge in [0.05, 0.1) is 6.04 Å². The van der Waals surface area contributed by atoms with Crippen LogP contribution in [0.2, 0.25) is 0 Å². The van der Waals surface area contributed by atoms with Gasteiger partial charge in [0.15, 0.2) is 11.5 Å². The molecule has 0 radical (unpaired) electrons. The number of hydrogen-bond acceptors (Lipinski definition) is 4. The van der Waals surface area contributed by atoms with Gasteiger partial charge in [0.1, 0.15) is 0 Å². The van der Waals surface area contributed by atoms with Gasteiger partial charge < -0.3 is 20.1 Å². The second-order valence-corrected chi connectivity index (χ2v) is 5.76. The molecule has 5 heteroatoms. The van der Waals surface area contributed by atoms with E-state index in [1.165, 1.54) is 0 Å². The zero-order valence-electron chi connectivity index (χ0n) is 11.9. The lowest BCUT2D eigenvalue weighted by Crippen LogP contribution is -2.43. The summed E-state index contributed by atoms with van der Waals surface area (Å²) in [6.07, 6.45) is 3.13. The second kappa shape index (κ2) is 4.98. The summed E-state index contributed by atoms with van der Waals surface area (Å²) in [6.45, 7) is 4.63. The molecular formula is C15H20N2O3. The monoisotopic (exact) mass is 276 g/mol. The maximum absolute atomic E-state index is 12.1. The normalized spacial score (nSPS) is 23.4. The van der Waals surface area contributed by atoms with E-state index in [0.29, 0.717) is 11.5 Å². The average molecular weight is 276 g/mol. The number of piperidine rings is 1. The Labute approximate surface area is 118 Å². The number of carbonyl (C=O) groups is 1. The average Bonchev–Trinajstić information content (AvgIpc) is 2.73. The van der Waals surface area contributed by atoms with E-state index < -0.39 is 5.79 Å². The van der Waals surface area contributed by atoms with Crippen LogP contribution >= 0.6 is 0 Å². The number of ether oxygens (including phenoxy) is 2. The van der Waals surface area contributed by atoms with Gasteiger partial charge in [0.2, 0.25) is 11.7 Å². The lowest BCUT2D eigenvalue weighted by Gasteiger charge is -2.22. The molecule has 1 saturated heterocycles. The molecule has 0 unspecified atom stereocenters. The fraction of sp³-hybridized carbons (Fsp3) is 0.533. The molecule has 0 bridgehead atoms. The third kappa shape index (κ3) is 2.72. The van der Waals surface area contributed by atoms with Gasteiger partial charge in [-0.1, -0.05) is 6.42 Å². The van der Waals surface area contributed by atoms with Crippen LogP contribution in [0.5, 0.6) is 11.5 Å². The molecule has 1 amide bonds. The molecule has 0 aliphatic carbocycles. The van der Waals surface area contributed by atoms with Crippen LogP contribution in [0.3, 0.4) is 0 Å². The Morgan fingerprint density at radius 1 is 1.30 bits per heavy atom. The Balaban J connectivity index is 1.68. The summed E-state index contributed by atoms with van der Waals surface area (Å²) in [5.41, 5.74) is 0.738. The van der Waals surface area contributed by atoms with Crippen molar-refractivity contribution < 1.29 is 14.3 Å². The van der Waals surface area contributed by atoms with Crippen molar-refractivity contribution >= 4 is 11.6 Å². The van der Waals surface area contributed by atoms with Crippen molar-refractivity contribution in [2.75, 3.05) is 11.9 Å². The van der Waals surface area contributed by atoms with Crippen LogP contribution in [0.15, 0.2) is 18.2 Å². The van der Waals surface area contributed by atoms with Crippen molar-refractivity contribution in [1.29, 1.82) is 0 Å². The van der Waals surface area contributed by atoms with Crippen LogP contribution in [-0.2, 0) is 4.79 Å². The van der Waals surface area contributed by atoms with Crippen LogP contribution < -0.4 is 20.1 Å². The summed E-state index contributed by atoms with van der Waals surface area (Å²) in [4.78, 5) is 12.1. The highest BCUT2D eigenvalue weighted by Crippen LogP contribution is 2.40. The Morgan fingerprint density at radius 2 is 2.10 bits per heavy atom. The molecule has 20 heavy (non-hydrogen) atoms. The first-order valence-corrected chi connectivity index (χ1v) is 7.10. The van der Waals surface area contributed by atoms with E-state index in [0.717, 1.165) is 31.5 Å². The number of benzene rings is 1. The van der Waals surface area contributed by atoms with Crippen molar-refractivity contribution in [2.45, 2.75) is 44.9 Å². The van der Waals surface area contributed by atoms with Crippen LogP contribution in [-0.4, -0.2) is 24.3 Å². The third-order valence-corrected chi connectivity index (χ3v) is 3.55. The predicted octanol–water partition coefficient (Wildman–Crippen LogP) is 2.27. The molecule has 2 N–H and O–H groups in total. The van der Waals surface area contributed by atoms with Crippen molar-refractivity contribution in [3.63, 3.8) is 0 Å². The Bertz CT molecular complexity index is 522. The van der Waals surface area contributed by atoms with Crippen LogP contribution in [0.1, 0.15) is 33.1 Å². The molecule has 1 aromatic rings. The minimum absolute atomic E-state index is 0.0165. The number of hydrogen-bond donors (Lipinski definition) is 2. The lowest BCUT2D eigenvalue weighted by atomic mass is 10.0. The maximum atomic E-state index is 12.1. The summed E-state index contributed by atoms with van der Waals surface area (Å²) in [7, 11) is 0. The van der Waals surface area contributed by atoms with Crippen molar-refractivity contribution in [2.24, 2.45) is 0 Å². The number of rotatable bonds is 2. The molecule has 0 spiro atoms. The number of nitrogens with one attached hydrogen (secondary N) is 2. The van der Waals surface area contributed by atoms with Gasteiger partial charge in [-0.25, -0.2) is 0 Å². The zero-order valence-corrected chi connectivity index (χ0v) is 11.9. The first kappa shape index (κ1) is 13.2. The lowest BCUT2D eigenvalue weighted by molar-refractivity contribution is -0.118. The maximum Gasteiger partial charge on any atom is 0.246 e. The fourth-order valence-electron chi connectivity index (χ4n) is 2.61. The van der Waals surface area contributed by atoms with Gasteiger partial charge in [0.25, 0.3) is 0 Å². The van der Waals surface area contributed by atoms with E-state index >= 15 is 0 Å². The van der Waals surface area contributed by atoms with Crippen molar-refractivity contribution in [3.8, 4) is 11.5 Å². The number of amides is 1. The van der Waals surface area contributed by atoms with Crippen LogP contribution in [0, 0.1) is 0 Å². The van der Waals surface area contributed by atoms with Crippen LogP contribution in [0.4, 0.5) is 5.69 Å². The molecule has 1 aromatic carbocycles. The molecule has 5 nitrogen and oxygen atoms in total. The largest absolute Gasteiger partial charge is 0.449 e. The first-order valence-electron chi connectivity index (χ1n) is 7.10. The quantitative estimate of drug-likeness (QED) is 0.870. The predicted molar refractivity (Wildman–Crippen MR) is 76.0 cm³/mol. The molecule has 0 saturated carbocycles.